The molecule has 1 unspecified atom stereocenters. The van der Waals surface area contributed by atoms with E-state index in [0.717, 1.165) is 13.0 Å². The van der Waals surface area contributed by atoms with E-state index in [2.05, 4.69) is 17.1 Å². The molecule has 0 spiro atoms. The maximum Gasteiger partial charge on any atom is 0.240 e. The van der Waals surface area contributed by atoms with Gasteiger partial charge in [-0.15, -0.1) is 0 Å². The zero-order valence-electron chi connectivity index (χ0n) is 8.75. The van der Waals surface area contributed by atoms with Gasteiger partial charge in [-0.2, -0.15) is 0 Å². The first-order valence-electron chi connectivity index (χ1n) is 5.77. The van der Waals surface area contributed by atoms with Crippen molar-refractivity contribution in [2.24, 2.45) is 0 Å². The molecule has 1 atom stereocenters. The van der Waals surface area contributed by atoms with Gasteiger partial charge in [0.1, 0.15) is 0 Å². The normalized spacial score (nSPS) is 35.1. The maximum atomic E-state index is 12.0. The lowest BCUT2D eigenvalue weighted by atomic mass is 10.2. The van der Waals surface area contributed by atoms with Crippen LogP contribution in [0.4, 0.5) is 0 Å². The number of carbonyl (C=O) groups is 1. The third-order valence-electron chi connectivity index (χ3n) is 3.84. The second kappa shape index (κ2) is 2.72. The smallest absolute Gasteiger partial charge is 0.240 e. The van der Waals surface area contributed by atoms with E-state index in [-0.39, 0.29) is 11.6 Å². The van der Waals surface area contributed by atoms with Gasteiger partial charge >= 0.3 is 0 Å². The van der Waals surface area contributed by atoms with E-state index < -0.39 is 0 Å². The summed E-state index contributed by atoms with van der Waals surface area (Å²) in [6.45, 7) is 3.18. The molecule has 14 heavy (non-hydrogen) atoms. The van der Waals surface area contributed by atoms with Crippen molar-refractivity contribution in [3.63, 3.8) is 0 Å². The highest BCUT2D eigenvalue weighted by molar-refractivity contribution is 5.85. The SMILES string of the molecule is CC1(N2CCC(NC3CC3)C2=O)CC1. The van der Waals surface area contributed by atoms with Crippen LogP contribution in [0.1, 0.15) is 39.0 Å². The molecule has 1 saturated heterocycles. The average Bonchev–Trinajstić information content (AvgIpc) is 3.02. The lowest BCUT2D eigenvalue weighted by Gasteiger charge is -2.24. The quantitative estimate of drug-likeness (QED) is 0.723. The third kappa shape index (κ3) is 1.34. The molecule has 0 radical (unpaired) electrons. The molecule has 0 aromatic heterocycles. The first-order valence-corrected chi connectivity index (χ1v) is 5.77. The van der Waals surface area contributed by atoms with Crippen LogP contribution in [0.3, 0.4) is 0 Å². The zero-order valence-corrected chi connectivity index (χ0v) is 8.75. The Labute approximate surface area is 84.8 Å². The molecule has 3 rings (SSSR count). The van der Waals surface area contributed by atoms with E-state index in [1.807, 2.05) is 0 Å². The fourth-order valence-electron chi connectivity index (χ4n) is 2.36. The molecule has 0 aromatic rings. The van der Waals surface area contributed by atoms with Gasteiger partial charge in [0.15, 0.2) is 0 Å². The summed E-state index contributed by atoms with van der Waals surface area (Å²) < 4.78 is 0. The van der Waals surface area contributed by atoms with Gasteiger partial charge in [-0.3, -0.25) is 4.79 Å². The summed E-state index contributed by atoms with van der Waals surface area (Å²) in [4.78, 5) is 14.1. The van der Waals surface area contributed by atoms with Crippen LogP contribution in [-0.4, -0.2) is 35.0 Å². The maximum absolute atomic E-state index is 12.0. The van der Waals surface area contributed by atoms with Crippen molar-refractivity contribution in [3.05, 3.63) is 0 Å². The van der Waals surface area contributed by atoms with E-state index in [4.69, 9.17) is 0 Å². The van der Waals surface area contributed by atoms with Crippen LogP contribution in [0.2, 0.25) is 0 Å². The second-order valence-corrected chi connectivity index (χ2v) is 5.27. The Morgan fingerprint density at radius 2 is 2.07 bits per heavy atom. The standard InChI is InChI=1S/C11H18N2O/c1-11(5-6-11)13-7-4-9(10(13)14)12-8-2-3-8/h8-9,12H,2-7H2,1H3. The Hall–Kier alpha value is -0.570. The van der Waals surface area contributed by atoms with Gasteiger partial charge in [0.25, 0.3) is 0 Å². The molecule has 0 aromatic carbocycles. The Morgan fingerprint density at radius 3 is 2.64 bits per heavy atom. The molecule has 3 heteroatoms. The van der Waals surface area contributed by atoms with Crippen molar-refractivity contribution in [2.75, 3.05) is 6.54 Å². The Kier molecular flexibility index (Phi) is 1.69. The van der Waals surface area contributed by atoms with Gasteiger partial charge in [-0.25, -0.2) is 0 Å². The lowest BCUT2D eigenvalue weighted by Crippen LogP contribution is -2.43. The van der Waals surface area contributed by atoms with Crippen molar-refractivity contribution in [3.8, 4) is 0 Å². The molecule has 2 saturated carbocycles. The molecule has 3 fully saturated rings. The number of nitrogens with zero attached hydrogens (tertiary/aromatic N) is 1. The highest BCUT2D eigenvalue weighted by atomic mass is 16.2. The third-order valence-corrected chi connectivity index (χ3v) is 3.84. The molecule has 1 heterocycles. The summed E-state index contributed by atoms with van der Waals surface area (Å²) in [5.41, 5.74) is 0.233. The van der Waals surface area contributed by atoms with Crippen molar-refractivity contribution in [1.29, 1.82) is 0 Å². The second-order valence-electron chi connectivity index (χ2n) is 5.27. The lowest BCUT2D eigenvalue weighted by molar-refractivity contribution is -0.131. The average molecular weight is 194 g/mol. The Bertz CT molecular complexity index is 268. The zero-order chi connectivity index (χ0) is 9.76. The number of hydrogen-bond acceptors (Lipinski definition) is 2. The van der Waals surface area contributed by atoms with E-state index >= 15 is 0 Å². The molecule has 78 valence electrons. The summed E-state index contributed by atoms with van der Waals surface area (Å²) in [6.07, 6.45) is 5.96. The topological polar surface area (TPSA) is 32.3 Å². The minimum Gasteiger partial charge on any atom is -0.336 e. The largest absolute Gasteiger partial charge is 0.336 e. The molecule has 1 aliphatic heterocycles. The number of nitrogens with one attached hydrogen (secondary N) is 1. The molecule has 3 aliphatic rings. The van der Waals surface area contributed by atoms with Crippen molar-refractivity contribution in [2.45, 2.75) is 56.7 Å². The van der Waals surface area contributed by atoms with Crippen LogP contribution in [0.15, 0.2) is 0 Å². The van der Waals surface area contributed by atoms with Crippen LogP contribution in [0, 0.1) is 0 Å². The molecular weight excluding hydrogens is 176 g/mol. The number of likely N-dealkylation sites (tertiary alicyclic amines) is 1. The minimum absolute atomic E-state index is 0.139. The van der Waals surface area contributed by atoms with Crippen LogP contribution in [0.5, 0.6) is 0 Å². The van der Waals surface area contributed by atoms with Crippen LogP contribution >= 0.6 is 0 Å². The van der Waals surface area contributed by atoms with Crippen LogP contribution in [0.25, 0.3) is 0 Å². The van der Waals surface area contributed by atoms with Gasteiger partial charge in [0.2, 0.25) is 5.91 Å². The summed E-state index contributed by atoms with van der Waals surface area (Å²) in [5, 5.41) is 3.44. The first kappa shape index (κ1) is 8.72. The summed E-state index contributed by atoms with van der Waals surface area (Å²) in [7, 11) is 0. The number of carbonyl (C=O) groups excluding carboxylic acids is 1. The van der Waals surface area contributed by atoms with Crippen molar-refractivity contribution >= 4 is 5.91 Å². The van der Waals surface area contributed by atoms with Crippen LogP contribution in [-0.2, 0) is 4.79 Å². The van der Waals surface area contributed by atoms with E-state index in [1.165, 1.54) is 25.7 Å². The molecule has 3 nitrogen and oxygen atoms in total. The van der Waals surface area contributed by atoms with Gasteiger partial charge in [0, 0.05) is 18.1 Å². The number of amides is 1. The molecular formula is C11H18N2O. The highest BCUT2D eigenvalue weighted by Crippen LogP contribution is 2.43. The first-order chi connectivity index (χ1) is 6.69. The fourth-order valence-corrected chi connectivity index (χ4v) is 2.36. The number of hydrogen-bond donors (Lipinski definition) is 1. The molecule has 0 bridgehead atoms. The summed E-state index contributed by atoms with van der Waals surface area (Å²) in [5.74, 6) is 0.358. The van der Waals surface area contributed by atoms with E-state index in [0.29, 0.717) is 11.9 Å². The van der Waals surface area contributed by atoms with Crippen molar-refractivity contribution < 1.29 is 4.79 Å². The summed E-state index contributed by atoms with van der Waals surface area (Å²) >= 11 is 0. The van der Waals surface area contributed by atoms with Gasteiger partial charge in [-0.05, 0) is 39.0 Å². The van der Waals surface area contributed by atoms with Gasteiger partial charge in [-0.1, -0.05) is 0 Å². The molecule has 1 N–H and O–H groups in total. The van der Waals surface area contributed by atoms with E-state index in [9.17, 15) is 4.79 Å². The highest BCUT2D eigenvalue weighted by Gasteiger charge is 2.50. The minimum atomic E-state index is 0.139. The van der Waals surface area contributed by atoms with Gasteiger partial charge in [0.05, 0.1) is 6.04 Å². The monoisotopic (exact) mass is 194 g/mol. The number of rotatable bonds is 3. The fraction of sp³-hybridized carbons (Fsp3) is 0.909. The van der Waals surface area contributed by atoms with Gasteiger partial charge < -0.3 is 10.2 Å². The van der Waals surface area contributed by atoms with E-state index in [1.54, 1.807) is 0 Å². The predicted octanol–water partition coefficient (Wildman–Crippen LogP) is 0.892. The Morgan fingerprint density at radius 1 is 1.36 bits per heavy atom. The summed E-state index contributed by atoms with van der Waals surface area (Å²) in [6, 6.07) is 0.788. The predicted molar refractivity (Wildman–Crippen MR) is 53.9 cm³/mol. The van der Waals surface area contributed by atoms with Crippen molar-refractivity contribution in [1.82, 2.24) is 10.2 Å². The Balaban J connectivity index is 1.64. The van der Waals surface area contributed by atoms with Crippen LogP contribution < -0.4 is 5.32 Å². The molecule has 2 aliphatic carbocycles. The molecule has 1 amide bonds.